The summed E-state index contributed by atoms with van der Waals surface area (Å²) < 4.78 is 10.8. The van der Waals surface area contributed by atoms with Crippen LogP contribution in [0, 0.1) is 0 Å². The van der Waals surface area contributed by atoms with Crippen LogP contribution in [0.2, 0.25) is 0 Å². The quantitative estimate of drug-likeness (QED) is 0.849. The number of nitrogens with one attached hydrogen (secondary N) is 1. The number of amides is 1. The van der Waals surface area contributed by atoms with Crippen LogP contribution in [0.3, 0.4) is 0 Å². The number of nitrogens with zero attached hydrogens (tertiary/aromatic N) is 1. The Hall–Kier alpha value is -2.69. The Morgan fingerprint density at radius 2 is 1.64 bits per heavy atom. The van der Waals surface area contributed by atoms with Gasteiger partial charge in [0.2, 0.25) is 5.91 Å². The number of rotatable bonds is 5. The van der Waals surface area contributed by atoms with Crippen LogP contribution in [0.15, 0.2) is 36.4 Å². The average Bonchev–Trinajstić information content (AvgIpc) is 2.70. The van der Waals surface area contributed by atoms with E-state index in [9.17, 15) is 4.79 Å². The second kappa shape index (κ2) is 8.13. The lowest BCUT2D eigenvalue weighted by Gasteiger charge is -2.30. The summed E-state index contributed by atoms with van der Waals surface area (Å²) in [6, 6.07) is 12.3. The van der Waals surface area contributed by atoms with Crippen LogP contribution in [0.5, 0.6) is 11.5 Å². The number of ether oxygens (including phenoxy) is 2. The van der Waals surface area contributed by atoms with Gasteiger partial charge in [-0.1, -0.05) is 32.9 Å². The van der Waals surface area contributed by atoms with Gasteiger partial charge in [-0.2, -0.15) is 0 Å². The molecule has 0 saturated carbocycles. The monoisotopic (exact) mass is 382 g/mol. The van der Waals surface area contributed by atoms with E-state index in [1.807, 2.05) is 29.2 Å². The van der Waals surface area contributed by atoms with Gasteiger partial charge in [-0.15, -0.1) is 0 Å². The van der Waals surface area contributed by atoms with E-state index in [1.165, 1.54) is 11.1 Å². The molecule has 1 N–H and O–H groups in total. The SMILES string of the molecule is COc1cc2c(cc1OC)CN(C(=O)CNc1ccc(C(C)(C)C)cc1)CC2. The molecule has 0 aromatic heterocycles. The standard InChI is InChI=1S/C23H30N2O3/c1-23(2,3)18-6-8-19(9-7-18)24-14-22(26)25-11-10-16-12-20(27-4)21(28-5)13-17(16)15-25/h6-9,12-13,24H,10-11,14-15H2,1-5H3. The van der Waals surface area contributed by atoms with Crippen molar-refractivity contribution >= 4 is 11.6 Å². The van der Waals surface area contributed by atoms with Gasteiger partial charge in [-0.25, -0.2) is 0 Å². The molecule has 0 fully saturated rings. The molecular weight excluding hydrogens is 352 g/mol. The van der Waals surface area contributed by atoms with Gasteiger partial charge in [0.25, 0.3) is 0 Å². The van der Waals surface area contributed by atoms with Gasteiger partial charge in [0.15, 0.2) is 11.5 Å². The van der Waals surface area contributed by atoms with Crippen LogP contribution in [0.1, 0.15) is 37.5 Å². The summed E-state index contributed by atoms with van der Waals surface area (Å²) in [6.45, 7) is 8.18. The van der Waals surface area contributed by atoms with E-state index in [1.54, 1.807) is 14.2 Å². The highest BCUT2D eigenvalue weighted by Crippen LogP contribution is 2.33. The second-order valence-electron chi connectivity index (χ2n) is 8.22. The summed E-state index contributed by atoms with van der Waals surface area (Å²) in [4.78, 5) is 14.6. The Morgan fingerprint density at radius 1 is 1.04 bits per heavy atom. The zero-order chi connectivity index (χ0) is 20.3. The van der Waals surface area contributed by atoms with Crippen molar-refractivity contribution in [1.82, 2.24) is 4.90 Å². The van der Waals surface area contributed by atoms with Crippen molar-refractivity contribution in [2.75, 3.05) is 32.6 Å². The number of fused-ring (bicyclic) bond motifs is 1. The van der Waals surface area contributed by atoms with Gasteiger partial charge in [0.1, 0.15) is 0 Å². The van der Waals surface area contributed by atoms with Crippen molar-refractivity contribution in [1.29, 1.82) is 0 Å². The minimum atomic E-state index is 0.0975. The van der Waals surface area contributed by atoms with E-state index in [4.69, 9.17) is 9.47 Å². The summed E-state index contributed by atoms with van der Waals surface area (Å²) in [5.74, 6) is 1.54. The highest BCUT2D eigenvalue weighted by molar-refractivity contribution is 5.81. The molecule has 5 heteroatoms. The summed E-state index contributed by atoms with van der Waals surface area (Å²) in [6.07, 6.45) is 0.821. The molecule has 0 atom stereocenters. The molecule has 1 aliphatic rings. The van der Waals surface area contributed by atoms with Crippen molar-refractivity contribution in [3.8, 4) is 11.5 Å². The lowest BCUT2D eigenvalue weighted by Crippen LogP contribution is -2.39. The molecule has 0 spiro atoms. The molecular formula is C23H30N2O3. The average molecular weight is 383 g/mol. The molecule has 150 valence electrons. The summed E-state index contributed by atoms with van der Waals surface area (Å²) >= 11 is 0. The molecule has 2 aromatic carbocycles. The van der Waals surface area contributed by atoms with E-state index < -0.39 is 0 Å². The minimum Gasteiger partial charge on any atom is -0.493 e. The first kappa shape index (κ1) is 20.1. The molecule has 1 heterocycles. The maximum absolute atomic E-state index is 12.7. The number of anilines is 1. The van der Waals surface area contributed by atoms with Crippen LogP contribution in [-0.2, 0) is 23.2 Å². The topological polar surface area (TPSA) is 50.8 Å². The molecule has 0 bridgehead atoms. The summed E-state index contributed by atoms with van der Waals surface area (Å²) in [5.41, 5.74) is 4.70. The van der Waals surface area contributed by atoms with Gasteiger partial charge in [0.05, 0.1) is 20.8 Å². The van der Waals surface area contributed by atoms with E-state index in [-0.39, 0.29) is 17.9 Å². The van der Waals surface area contributed by atoms with Crippen LogP contribution < -0.4 is 14.8 Å². The van der Waals surface area contributed by atoms with Crippen LogP contribution in [0.25, 0.3) is 0 Å². The van der Waals surface area contributed by atoms with Gasteiger partial charge < -0.3 is 19.7 Å². The van der Waals surface area contributed by atoms with Crippen molar-refractivity contribution in [3.05, 3.63) is 53.1 Å². The van der Waals surface area contributed by atoms with E-state index in [2.05, 4.69) is 38.2 Å². The summed E-state index contributed by atoms with van der Waals surface area (Å²) in [7, 11) is 3.27. The zero-order valence-electron chi connectivity index (χ0n) is 17.5. The number of hydrogen-bond acceptors (Lipinski definition) is 4. The molecule has 3 rings (SSSR count). The lowest BCUT2D eigenvalue weighted by atomic mass is 9.87. The van der Waals surface area contributed by atoms with Crippen molar-refractivity contribution < 1.29 is 14.3 Å². The molecule has 0 radical (unpaired) electrons. The second-order valence-corrected chi connectivity index (χ2v) is 8.22. The van der Waals surface area contributed by atoms with Gasteiger partial charge in [-0.3, -0.25) is 4.79 Å². The predicted molar refractivity (Wildman–Crippen MR) is 112 cm³/mol. The largest absolute Gasteiger partial charge is 0.493 e. The molecule has 0 unspecified atom stereocenters. The fourth-order valence-corrected chi connectivity index (χ4v) is 3.47. The first-order chi connectivity index (χ1) is 13.3. The molecule has 5 nitrogen and oxygen atoms in total. The first-order valence-corrected chi connectivity index (χ1v) is 9.68. The normalized spacial score (nSPS) is 13.7. The molecule has 2 aromatic rings. The zero-order valence-corrected chi connectivity index (χ0v) is 17.5. The molecule has 1 aliphatic heterocycles. The number of benzene rings is 2. The van der Waals surface area contributed by atoms with Gasteiger partial charge in [0, 0.05) is 18.8 Å². The Bertz CT molecular complexity index is 838. The molecule has 0 saturated heterocycles. The number of carbonyl (C=O) groups excluding carboxylic acids is 1. The third kappa shape index (κ3) is 4.41. The lowest BCUT2D eigenvalue weighted by molar-refractivity contribution is -0.130. The number of hydrogen-bond donors (Lipinski definition) is 1. The maximum Gasteiger partial charge on any atom is 0.242 e. The fraction of sp³-hybridized carbons (Fsp3) is 0.435. The number of carbonyl (C=O) groups is 1. The van der Waals surface area contributed by atoms with Crippen molar-refractivity contribution in [2.45, 2.75) is 39.2 Å². The Balaban J connectivity index is 1.62. The van der Waals surface area contributed by atoms with Crippen LogP contribution in [-0.4, -0.2) is 38.1 Å². The molecule has 1 amide bonds. The first-order valence-electron chi connectivity index (χ1n) is 9.68. The smallest absolute Gasteiger partial charge is 0.242 e. The Kier molecular flexibility index (Phi) is 5.82. The summed E-state index contributed by atoms with van der Waals surface area (Å²) in [5, 5.41) is 3.25. The third-order valence-corrected chi connectivity index (χ3v) is 5.27. The van der Waals surface area contributed by atoms with Gasteiger partial charge >= 0.3 is 0 Å². The number of methoxy groups -OCH3 is 2. The Labute approximate surface area is 167 Å². The Morgan fingerprint density at radius 3 is 2.21 bits per heavy atom. The third-order valence-electron chi connectivity index (χ3n) is 5.27. The molecule has 0 aliphatic carbocycles. The van der Waals surface area contributed by atoms with Crippen molar-refractivity contribution in [2.24, 2.45) is 0 Å². The fourth-order valence-electron chi connectivity index (χ4n) is 3.47. The van der Waals surface area contributed by atoms with E-state index >= 15 is 0 Å². The van der Waals surface area contributed by atoms with Crippen LogP contribution >= 0.6 is 0 Å². The predicted octanol–water partition coefficient (Wildman–Crippen LogP) is 4.00. The van der Waals surface area contributed by atoms with Crippen molar-refractivity contribution in [3.63, 3.8) is 0 Å². The highest BCUT2D eigenvalue weighted by Gasteiger charge is 2.22. The van der Waals surface area contributed by atoms with E-state index in [0.29, 0.717) is 18.8 Å². The molecule has 28 heavy (non-hydrogen) atoms. The minimum absolute atomic E-state index is 0.0975. The van der Waals surface area contributed by atoms with Gasteiger partial charge in [-0.05, 0) is 52.8 Å². The van der Waals surface area contributed by atoms with E-state index in [0.717, 1.165) is 23.4 Å². The highest BCUT2D eigenvalue weighted by atomic mass is 16.5. The van der Waals surface area contributed by atoms with Crippen LogP contribution in [0.4, 0.5) is 5.69 Å². The maximum atomic E-state index is 12.7.